The Bertz CT molecular complexity index is 485. The zero-order chi connectivity index (χ0) is 16.0. The van der Waals surface area contributed by atoms with Gasteiger partial charge < -0.3 is 0 Å². The molecular formula is C14H16Cl4O2Te. The number of ether oxygens (including phenoxy) is 1. The van der Waals surface area contributed by atoms with E-state index < -0.39 is 32.3 Å². The molecule has 0 aromatic heterocycles. The summed E-state index contributed by atoms with van der Waals surface area (Å²) in [5.74, 6) is -0.500. The molecule has 0 unspecified atom stereocenters. The predicted octanol–water partition coefficient (Wildman–Crippen LogP) is 5.28. The standard InChI is InChI=1S/C14H16Cl4O2Te/c1-10(15)14(11(2)21(16,17)18)20-13(19)9-8-12-6-4-3-5-7-12/h3-11,14H,1-2H3/b9-8+/t10-,11+,14-/m1/s1. The first-order valence-corrected chi connectivity index (χ1v) is 16.8. The van der Waals surface area contributed by atoms with Crippen molar-refractivity contribution in [2.75, 3.05) is 0 Å². The third kappa shape index (κ3) is 6.99. The van der Waals surface area contributed by atoms with Crippen LogP contribution in [0.2, 0.25) is 3.97 Å². The summed E-state index contributed by atoms with van der Waals surface area (Å²) in [7, 11) is 18.1. The molecule has 0 aliphatic rings. The van der Waals surface area contributed by atoms with Gasteiger partial charge in [-0.3, -0.25) is 0 Å². The van der Waals surface area contributed by atoms with Gasteiger partial charge in [-0.05, 0) is 0 Å². The molecule has 0 radical (unpaired) electrons. The van der Waals surface area contributed by atoms with Gasteiger partial charge >= 0.3 is 146 Å². The molecule has 1 aromatic rings. The number of carbonyl (C=O) groups is 1. The molecule has 3 atom stereocenters. The van der Waals surface area contributed by atoms with Gasteiger partial charge in [0.25, 0.3) is 0 Å². The quantitative estimate of drug-likeness (QED) is 0.237. The Morgan fingerprint density at radius 2 is 1.76 bits per heavy atom. The zero-order valence-corrected chi connectivity index (χ0v) is 16.9. The van der Waals surface area contributed by atoms with E-state index in [1.54, 1.807) is 19.9 Å². The van der Waals surface area contributed by atoms with E-state index in [2.05, 4.69) is 0 Å². The molecule has 0 heterocycles. The SMILES string of the molecule is C[C@@H](Cl)[C@@H](OC(=O)/C=C/c1ccccc1)[C@H](C)[Te](Cl)(Cl)Cl. The molecule has 7 heteroatoms. The van der Waals surface area contributed by atoms with Crippen molar-refractivity contribution < 1.29 is 9.53 Å². The molecule has 0 saturated heterocycles. The van der Waals surface area contributed by atoms with Crippen LogP contribution in [0.1, 0.15) is 19.4 Å². The molecular weight excluding hydrogens is 470 g/mol. The minimum absolute atomic E-state index is 0.348. The summed E-state index contributed by atoms with van der Waals surface area (Å²) in [6, 6.07) is 9.42. The van der Waals surface area contributed by atoms with Gasteiger partial charge in [-0.15, -0.1) is 0 Å². The molecule has 0 spiro atoms. The van der Waals surface area contributed by atoms with E-state index in [9.17, 15) is 4.79 Å². The Morgan fingerprint density at radius 1 is 1.19 bits per heavy atom. The van der Waals surface area contributed by atoms with E-state index in [1.165, 1.54) is 6.08 Å². The van der Waals surface area contributed by atoms with E-state index in [0.717, 1.165) is 5.56 Å². The topological polar surface area (TPSA) is 26.3 Å². The molecule has 0 bridgehead atoms. The Hall–Kier alpha value is 0.380. The third-order valence-electron chi connectivity index (χ3n) is 2.80. The number of halogens is 4. The zero-order valence-electron chi connectivity index (χ0n) is 11.5. The third-order valence-corrected chi connectivity index (χ3v) is 11.9. The number of benzene rings is 1. The van der Waals surface area contributed by atoms with Gasteiger partial charge in [0, 0.05) is 0 Å². The van der Waals surface area contributed by atoms with Crippen molar-refractivity contribution in [3.8, 4) is 0 Å². The van der Waals surface area contributed by atoms with Gasteiger partial charge in [0.2, 0.25) is 0 Å². The molecule has 1 rings (SSSR count). The molecule has 1 aromatic carbocycles. The Morgan fingerprint density at radius 3 is 2.24 bits per heavy atom. The van der Waals surface area contributed by atoms with E-state index in [-0.39, 0.29) is 3.97 Å². The Kier molecular flexibility index (Phi) is 8.20. The van der Waals surface area contributed by atoms with Crippen LogP contribution in [0.25, 0.3) is 6.08 Å². The van der Waals surface area contributed by atoms with Gasteiger partial charge in [-0.2, -0.15) is 0 Å². The first-order valence-electron chi connectivity index (χ1n) is 6.20. The van der Waals surface area contributed by atoms with E-state index >= 15 is 0 Å². The fourth-order valence-electron chi connectivity index (χ4n) is 1.62. The maximum absolute atomic E-state index is 11.9. The molecule has 0 saturated carbocycles. The summed E-state index contributed by atoms with van der Waals surface area (Å²) in [6.45, 7) is 3.47. The number of esters is 1. The predicted molar refractivity (Wildman–Crippen MR) is 93.4 cm³/mol. The number of carbonyl (C=O) groups excluding carboxylic acids is 1. The van der Waals surface area contributed by atoms with Crippen molar-refractivity contribution in [3.05, 3.63) is 42.0 Å². The second-order valence-electron chi connectivity index (χ2n) is 4.47. The van der Waals surface area contributed by atoms with Gasteiger partial charge in [-0.25, -0.2) is 0 Å². The first-order chi connectivity index (χ1) is 9.71. The van der Waals surface area contributed by atoms with E-state index in [4.69, 9.17) is 43.2 Å². The summed E-state index contributed by atoms with van der Waals surface area (Å²) in [5, 5.41) is -0.434. The first kappa shape index (κ1) is 19.4. The summed E-state index contributed by atoms with van der Waals surface area (Å²) >= 11 is 2.52. The molecule has 2 nitrogen and oxygen atoms in total. The van der Waals surface area contributed by atoms with E-state index in [1.807, 2.05) is 30.3 Å². The maximum atomic E-state index is 11.9. The number of hydrogen-bond donors (Lipinski definition) is 0. The summed E-state index contributed by atoms with van der Waals surface area (Å²) in [4.78, 5) is 11.9. The second-order valence-corrected chi connectivity index (χ2v) is 22.8. The minimum atomic E-state index is -3.54. The van der Waals surface area contributed by atoms with Gasteiger partial charge in [-0.1, -0.05) is 0 Å². The summed E-state index contributed by atoms with van der Waals surface area (Å²) in [5.41, 5.74) is 0.900. The van der Waals surface area contributed by atoms with Crippen molar-refractivity contribution in [2.24, 2.45) is 0 Å². The molecule has 0 N–H and O–H groups in total. The van der Waals surface area contributed by atoms with Gasteiger partial charge in [0.1, 0.15) is 0 Å². The Balaban J connectivity index is 2.72. The van der Waals surface area contributed by atoms with Crippen molar-refractivity contribution in [2.45, 2.75) is 29.3 Å². The fraction of sp³-hybridized carbons (Fsp3) is 0.357. The average molecular weight is 486 g/mol. The van der Waals surface area contributed by atoms with Crippen molar-refractivity contribution in [3.63, 3.8) is 0 Å². The van der Waals surface area contributed by atoms with Crippen LogP contribution in [0.15, 0.2) is 36.4 Å². The number of hydrogen-bond acceptors (Lipinski definition) is 2. The molecule has 0 fully saturated rings. The monoisotopic (exact) mass is 486 g/mol. The summed E-state index contributed by atoms with van der Waals surface area (Å²) < 4.78 is 5.01. The van der Waals surface area contributed by atoms with Crippen LogP contribution in [0, 0.1) is 0 Å². The van der Waals surface area contributed by atoms with Gasteiger partial charge in [0.05, 0.1) is 0 Å². The van der Waals surface area contributed by atoms with Crippen molar-refractivity contribution in [1.82, 2.24) is 0 Å². The normalized spacial score (nSPS) is 17.2. The summed E-state index contributed by atoms with van der Waals surface area (Å²) in [6.07, 6.45) is 2.40. The van der Waals surface area contributed by atoms with Crippen LogP contribution in [-0.4, -0.2) is 32.3 Å². The van der Waals surface area contributed by atoms with Crippen LogP contribution in [-0.2, 0) is 9.53 Å². The van der Waals surface area contributed by atoms with Crippen LogP contribution in [0.4, 0.5) is 0 Å². The van der Waals surface area contributed by atoms with Crippen LogP contribution in [0.3, 0.4) is 0 Å². The molecule has 0 amide bonds. The molecule has 0 aliphatic heterocycles. The van der Waals surface area contributed by atoms with Crippen molar-refractivity contribution in [1.29, 1.82) is 0 Å². The van der Waals surface area contributed by atoms with Crippen LogP contribution >= 0.6 is 38.5 Å². The van der Waals surface area contributed by atoms with E-state index in [0.29, 0.717) is 0 Å². The molecule has 21 heavy (non-hydrogen) atoms. The average Bonchev–Trinajstić information content (AvgIpc) is 2.41. The Labute approximate surface area is 145 Å². The number of rotatable bonds is 6. The number of alkyl halides is 1. The molecule has 0 aliphatic carbocycles. The van der Waals surface area contributed by atoms with Crippen LogP contribution < -0.4 is 0 Å². The van der Waals surface area contributed by atoms with Crippen molar-refractivity contribution >= 4 is 65.4 Å². The molecule has 118 valence electrons. The fourth-order valence-corrected chi connectivity index (χ4v) is 5.90. The van der Waals surface area contributed by atoms with Gasteiger partial charge in [0.15, 0.2) is 0 Å². The second kappa shape index (κ2) is 8.87. The van der Waals surface area contributed by atoms with Crippen LogP contribution in [0.5, 0.6) is 0 Å².